The molecule has 1 aromatic heterocycles. The fourth-order valence-corrected chi connectivity index (χ4v) is 6.84. The second-order valence-electron chi connectivity index (χ2n) is 8.38. The number of aromatic nitrogens is 1. The first kappa shape index (κ1) is 15.1. The zero-order valence-electron chi connectivity index (χ0n) is 14.4. The van der Waals surface area contributed by atoms with Crippen molar-refractivity contribution in [1.29, 1.82) is 0 Å². The molecule has 0 saturated heterocycles. The predicted molar refractivity (Wildman–Crippen MR) is 96.6 cm³/mol. The molecule has 0 aliphatic heterocycles. The fraction of sp³-hybridized carbons (Fsp3) is 0.455. The molecule has 4 fully saturated rings. The van der Waals surface area contributed by atoms with Gasteiger partial charge < -0.3 is 5.73 Å². The highest BCUT2D eigenvalue weighted by molar-refractivity contribution is 5.85. The van der Waals surface area contributed by atoms with Crippen molar-refractivity contribution in [3.05, 3.63) is 66.0 Å². The third-order valence-electron chi connectivity index (χ3n) is 7.31. The maximum Gasteiger partial charge on any atom is 0.224 e. The molecule has 25 heavy (non-hydrogen) atoms. The zero-order valence-corrected chi connectivity index (χ0v) is 14.4. The van der Waals surface area contributed by atoms with E-state index >= 15 is 0 Å². The average Bonchev–Trinajstić information content (AvgIpc) is 2.63. The van der Waals surface area contributed by atoms with E-state index in [2.05, 4.69) is 30.3 Å². The summed E-state index contributed by atoms with van der Waals surface area (Å²) in [5.74, 6) is 1.61. The molecule has 4 aliphatic rings. The minimum atomic E-state index is -0.503. The van der Waals surface area contributed by atoms with Crippen molar-refractivity contribution in [3.63, 3.8) is 0 Å². The van der Waals surface area contributed by atoms with Crippen LogP contribution < -0.4 is 5.73 Å². The lowest BCUT2D eigenvalue weighted by atomic mass is 9.36. The lowest BCUT2D eigenvalue weighted by Crippen LogP contribution is -2.67. The third-order valence-corrected chi connectivity index (χ3v) is 7.31. The van der Waals surface area contributed by atoms with Crippen molar-refractivity contribution in [3.8, 4) is 0 Å². The van der Waals surface area contributed by atoms with Crippen molar-refractivity contribution >= 4 is 5.91 Å². The molecule has 128 valence electrons. The summed E-state index contributed by atoms with van der Waals surface area (Å²) in [6.45, 7) is 0. The number of carbonyl (C=O) groups excluding carboxylic acids is 1. The molecule has 2 N–H and O–H groups in total. The molecule has 1 heterocycles. The minimum Gasteiger partial charge on any atom is -0.369 e. The SMILES string of the molecule is NC(=O)C12CC3CC(CC(C3)C1(c1ccccc1)c1ccccn1)C2. The molecule has 3 nitrogen and oxygen atoms in total. The van der Waals surface area contributed by atoms with E-state index in [1.54, 1.807) is 0 Å². The number of primary amides is 1. The van der Waals surface area contributed by atoms with E-state index in [1.165, 1.54) is 24.8 Å². The molecule has 1 amide bonds. The van der Waals surface area contributed by atoms with Crippen molar-refractivity contribution in [2.45, 2.75) is 37.5 Å². The second kappa shape index (κ2) is 5.17. The second-order valence-corrected chi connectivity index (χ2v) is 8.38. The number of amides is 1. The number of carbonyl (C=O) groups is 1. The van der Waals surface area contributed by atoms with E-state index < -0.39 is 5.41 Å². The van der Waals surface area contributed by atoms with Crippen molar-refractivity contribution < 1.29 is 4.79 Å². The van der Waals surface area contributed by atoms with Gasteiger partial charge in [0.15, 0.2) is 0 Å². The Morgan fingerprint density at radius 2 is 1.64 bits per heavy atom. The van der Waals surface area contributed by atoms with Gasteiger partial charge in [-0.2, -0.15) is 0 Å². The van der Waals surface area contributed by atoms with E-state index in [1.807, 2.05) is 24.4 Å². The van der Waals surface area contributed by atoms with Crippen LogP contribution in [0, 0.1) is 23.2 Å². The van der Waals surface area contributed by atoms with Crippen molar-refractivity contribution in [2.75, 3.05) is 0 Å². The molecule has 4 saturated carbocycles. The standard InChI is InChI=1S/C22H24N2O/c23-20(25)21-13-15-10-16(14-21)12-18(11-15)22(21,17-6-2-1-3-7-17)19-8-4-5-9-24-19/h1-9,15-16,18H,10-14H2,(H2,23,25). The van der Waals surface area contributed by atoms with Crippen molar-refractivity contribution in [2.24, 2.45) is 28.9 Å². The number of nitrogens with zero attached hydrogens (tertiary/aromatic N) is 1. The molecule has 4 bridgehead atoms. The lowest BCUT2D eigenvalue weighted by molar-refractivity contribution is -0.158. The van der Waals surface area contributed by atoms with Gasteiger partial charge in [0, 0.05) is 6.20 Å². The monoisotopic (exact) mass is 332 g/mol. The maximum atomic E-state index is 13.0. The molecule has 6 rings (SSSR count). The summed E-state index contributed by atoms with van der Waals surface area (Å²) in [6, 6.07) is 16.7. The highest BCUT2D eigenvalue weighted by Gasteiger charge is 2.69. The Kier molecular flexibility index (Phi) is 3.13. The van der Waals surface area contributed by atoms with Crippen LogP contribution in [0.25, 0.3) is 0 Å². The summed E-state index contributed by atoms with van der Waals surface area (Å²) in [5.41, 5.74) is 7.54. The molecule has 2 aromatic rings. The highest BCUT2D eigenvalue weighted by atomic mass is 16.1. The fourth-order valence-electron chi connectivity index (χ4n) is 6.84. The topological polar surface area (TPSA) is 56.0 Å². The molecule has 0 spiro atoms. The first-order valence-electron chi connectivity index (χ1n) is 9.44. The van der Waals surface area contributed by atoms with Crippen LogP contribution in [0.15, 0.2) is 54.7 Å². The molecule has 1 aromatic carbocycles. The van der Waals surface area contributed by atoms with Gasteiger partial charge in [0.2, 0.25) is 5.91 Å². The Labute approximate surface area is 148 Å². The van der Waals surface area contributed by atoms with Gasteiger partial charge in [0.1, 0.15) is 0 Å². The van der Waals surface area contributed by atoms with Gasteiger partial charge in [-0.25, -0.2) is 0 Å². The number of pyridine rings is 1. The molecule has 3 unspecified atom stereocenters. The van der Waals surface area contributed by atoms with E-state index in [0.717, 1.165) is 18.5 Å². The van der Waals surface area contributed by atoms with Crippen LogP contribution in [0.5, 0.6) is 0 Å². The Hall–Kier alpha value is -2.16. The minimum absolute atomic E-state index is 0.124. The van der Waals surface area contributed by atoms with Gasteiger partial charge in [-0.3, -0.25) is 9.78 Å². The summed E-state index contributed by atoms with van der Waals surface area (Å²) in [7, 11) is 0. The maximum absolute atomic E-state index is 13.0. The Bertz CT molecular complexity index is 748. The number of nitrogens with two attached hydrogens (primary N) is 1. The molecule has 4 aliphatic carbocycles. The van der Waals surface area contributed by atoms with E-state index in [0.29, 0.717) is 17.8 Å². The van der Waals surface area contributed by atoms with Crippen LogP contribution >= 0.6 is 0 Å². The van der Waals surface area contributed by atoms with Gasteiger partial charge in [0.05, 0.1) is 16.5 Å². The summed E-state index contributed by atoms with van der Waals surface area (Å²) in [4.78, 5) is 17.8. The number of benzene rings is 1. The van der Waals surface area contributed by atoms with Gasteiger partial charge in [-0.15, -0.1) is 0 Å². The van der Waals surface area contributed by atoms with Gasteiger partial charge in [-0.05, 0) is 67.6 Å². The lowest BCUT2D eigenvalue weighted by Gasteiger charge is -2.66. The smallest absolute Gasteiger partial charge is 0.224 e. The summed E-state index contributed by atoms with van der Waals surface area (Å²) < 4.78 is 0. The normalized spacial score (nSPS) is 38.6. The van der Waals surface area contributed by atoms with Crippen molar-refractivity contribution in [1.82, 2.24) is 4.98 Å². The molecule has 3 heteroatoms. The Morgan fingerprint density at radius 1 is 0.960 bits per heavy atom. The highest BCUT2D eigenvalue weighted by Crippen LogP contribution is 2.70. The van der Waals surface area contributed by atoms with Gasteiger partial charge in [0.25, 0.3) is 0 Å². The van der Waals surface area contributed by atoms with Crippen LogP contribution in [0.4, 0.5) is 0 Å². The summed E-state index contributed by atoms with van der Waals surface area (Å²) in [6.07, 6.45) is 7.36. The van der Waals surface area contributed by atoms with Crippen LogP contribution in [0.3, 0.4) is 0 Å². The number of hydrogen-bond acceptors (Lipinski definition) is 2. The van der Waals surface area contributed by atoms with Gasteiger partial charge in [-0.1, -0.05) is 36.4 Å². The van der Waals surface area contributed by atoms with Crippen LogP contribution in [-0.2, 0) is 10.2 Å². The predicted octanol–water partition coefficient (Wildman–Crippen LogP) is 3.68. The summed E-state index contributed by atoms with van der Waals surface area (Å²) in [5, 5.41) is 0. The number of rotatable bonds is 3. The van der Waals surface area contributed by atoms with Crippen LogP contribution in [0.2, 0.25) is 0 Å². The Morgan fingerprint density at radius 3 is 2.24 bits per heavy atom. The largest absolute Gasteiger partial charge is 0.369 e. The number of hydrogen-bond donors (Lipinski definition) is 1. The molecular formula is C22H24N2O. The van der Waals surface area contributed by atoms with E-state index in [4.69, 9.17) is 10.7 Å². The zero-order chi connectivity index (χ0) is 17.1. The van der Waals surface area contributed by atoms with E-state index in [-0.39, 0.29) is 11.3 Å². The first-order chi connectivity index (χ1) is 12.2. The quantitative estimate of drug-likeness (QED) is 0.932. The molecule has 0 radical (unpaired) electrons. The van der Waals surface area contributed by atoms with Gasteiger partial charge >= 0.3 is 0 Å². The summed E-state index contributed by atoms with van der Waals surface area (Å²) >= 11 is 0. The first-order valence-corrected chi connectivity index (χ1v) is 9.44. The van der Waals surface area contributed by atoms with E-state index in [9.17, 15) is 4.79 Å². The Balaban J connectivity index is 1.84. The average molecular weight is 332 g/mol. The third kappa shape index (κ3) is 1.81. The molecule has 3 atom stereocenters. The van der Waals surface area contributed by atoms with Crippen LogP contribution in [-0.4, -0.2) is 10.9 Å². The van der Waals surface area contributed by atoms with Crippen LogP contribution in [0.1, 0.15) is 43.4 Å². The molecular weight excluding hydrogens is 308 g/mol.